The zero-order valence-corrected chi connectivity index (χ0v) is 15.5. The molecule has 1 aliphatic carbocycles. The predicted octanol–water partition coefficient (Wildman–Crippen LogP) is 3.08. The van der Waals surface area contributed by atoms with E-state index >= 15 is 0 Å². The molecule has 1 heterocycles. The number of aromatic nitrogens is 1. The van der Waals surface area contributed by atoms with E-state index in [-0.39, 0.29) is 27.8 Å². The van der Waals surface area contributed by atoms with Crippen molar-refractivity contribution >= 4 is 46.7 Å². The Morgan fingerprint density at radius 3 is 2.59 bits per heavy atom. The molecule has 0 atom stereocenters. The zero-order valence-electron chi connectivity index (χ0n) is 14.0. The summed E-state index contributed by atoms with van der Waals surface area (Å²) in [7, 11) is 0. The summed E-state index contributed by atoms with van der Waals surface area (Å²) in [5.74, 6) is -1.74. The number of esters is 1. The van der Waals surface area contributed by atoms with Crippen molar-refractivity contribution in [1.29, 1.82) is 0 Å². The number of benzene rings is 1. The quantitative estimate of drug-likeness (QED) is 0.566. The van der Waals surface area contributed by atoms with Gasteiger partial charge in [0.2, 0.25) is 0 Å². The van der Waals surface area contributed by atoms with Crippen LogP contribution in [0.25, 0.3) is 0 Å². The van der Waals surface area contributed by atoms with Crippen LogP contribution in [-0.2, 0) is 9.53 Å². The fourth-order valence-corrected chi connectivity index (χ4v) is 2.56. The number of hydrogen-bond acceptors (Lipinski definition) is 5. The molecule has 0 saturated heterocycles. The monoisotopic (exact) mass is 407 g/mol. The molecular weight excluding hydrogens is 393 g/mol. The highest BCUT2D eigenvalue weighted by molar-refractivity contribution is 6.34. The molecule has 2 aromatic rings. The van der Waals surface area contributed by atoms with Gasteiger partial charge in [0, 0.05) is 6.04 Å². The lowest BCUT2D eigenvalue weighted by Gasteiger charge is -2.11. The fraction of sp³-hybridized carbons (Fsp3) is 0.222. The van der Waals surface area contributed by atoms with Gasteiger partial charge in [-0.1, -0.05) is 35.3 Å². The van der Waals surface area contributed by atoms with Crippen molar-refractivity contribution in [3.8, 4) is 0 Å². The van der Waals surface area contributed by atoms with Gasteiger partial charge in [0.15, 0.2) is 12.3 Å². The molecular formula is C18H15Cl2N3O4. The number of anilines is 1. The molecule has 140 valence electrons. The normalized spacial score (nSPS) is 13.0. The van der Waals surface area contributed by atoms with Crippen LogP contribution < -0.4 is 10.6 Å². The van der Waals surface area contributed by atoms with E-state index in [2.05, 4.69) is 15.6 Å². The molecule has 0 radical (unpaired) electrons. The first kappa shape index (κ1) is 19.1. The van der Waals surface area contributed by atoms with Gasteiger partial charge in [0.25, 0.3) is 11.8 Å². The van der Waals surface area contributed by atoms with Crippen LogP contribution in [0.15, 0.2) is 36.4 Å². The minimum atomic E-state index is -0.877. The van der Waals surface area contributed by atoms with Gasteiger partial charge in [0.05, 0.1) is 16.3 Å². The van der Waals surface area contributed by atoms with Crippen molar-refractivity contribution in [3.63, 3.8) is 0 Å². The highest BCUT2D eigenvalue weighted by Crippen LogP contribution is 2.22. The van der Waals surface area contributed by atoms with Crippen LogP contribution in [0.4, 0.5) is 5.69 Å². The average Bonchev–Trinajstić information content (AvgIpc) is 3.46. The number of para-hydroxylation sites is 1. The van der Waals surface area contributed by atoms with Gasteiger partial charge in [-0.25, -0.2) is 9.78 Å². The second-order valence-electron chi connectivity index (χ2n) is 5.88. The van der Waals surface area contributed by atoms with E-state index in [1.165, 1.54) is 12.1 Å². The molecule has 1 aromatic carbocycles. The topological polar surface area (TPSA) is 97.4 Å². The minimum Gasteiger partial charge on any atom is -0.451 e. The molecule has 0 unspecified atom stereocenters. The Morgan fingerprint density at radius 1 is 1.11 bits per heavy atom. The molecule has 0 aliphatic heterocycles. The van der Waals surface area contributed by atoms with Crippen molar-refractivity contribution in [2.45, 2.75) is 18.9 Å². The fourth-order valence-electron chi connectivity index (χ4n) is 2.23. The molecule has 9 heteroatoms. The maximum absolute atomic E-state index is 12.2. The second-order valence-corrected chi connectivity index (χ2v) is 6.68. The third-order valence-corrected chi connectivity index (χ3v) is 4.21. The summed E-state index contributed by atoms with van der Waals surface area (Å²) in [4.78, 5) is 40.1. The Kier molecular flexibility index (Phi) is 5.93. The summed E-state index contributed by atoms with van der Waals surface area (Å²) in [5.41, 5.74) is 0.486. The number of halogens is 2. The Hall–Kier alpha value is -2.64. The molecule has 7 nitrogen and oxygen atoms in total. The van der Waals surface area contributed by atoms with E-state index in [1.54, 1.807) is 24.3 Å². The van der Waals surface area contributed by atoms with Gasteiger partial charge >= 0.3 is 5.97 Å². The average molecular weight is 408 g/mol. The van der Waals surface area contributed by atoms with Crippen LogP contribution in [-0.4, -0.2) is 35.4 Å². The van der Waals surface area contributed by atoms with Crippen LogP contribution in [0.3, 0.4) is 0 Å². The van der Waals surface area contributed by atoms with Crippen molar-refractivity contribution in [1.82, 2.24) is 10.3 Å². The molecule has 2 N–H and O–H groups in total. The largest absolute Gasteiger partial charge is 0.451 e. The molecule has 1 aromatic heterocycles. The van der Waals surface area contributed by atoms with Gasteiger partial charge in [-0.2, -0.15) is 0 Å². The molecule has 0 spiro atoms. The highest BCUT2D eigenvalue weighted by atomic mass is 35.5. The molecule has 1 fully saturated rings. The number of carbonyl (C=O) groups excluding carboxylic acids is 3. The van der Waals surface area contributed by atoms with Crippen molar-refractivity contribution < 1.29 is 19.1 Å². The third-order valence-electron chi connectivity index (χ3n) is 3.70. The lowest BCUT2D eigenvalue weighted by Crippen LogP contribution is -2.28. The van der Waals surface area contributed by atoms with Gasteiger partial charge in [-0.05, 0) is 37.1 Å². The summed E-state index contributed by atoms with van der Waals surface area (Å²) in [6.45, 7) is -0.568. The SMILES string of the molecule is O=C(COC(=O)c1nc(Cl)ccc1Cl)Nc1ccccc1C(=O)NC1CC1. The standard InChI is InChI=1S/C18H15Cl2N3O4/c19-12-7-8-14(20)23-16(12)18(26)27-9-15(24)22-13-4-2-1-3-11(13)17(25)21-10-5-6-10/h1-4,7-8,10H,5-6,9H2,(H,21,25)(H,22,24). The maximum Gasteiger partial charge on any atom is 0.359 e. The van der Waals surface area contributed by atoms with E-state index < -0.39 is 18.5 Å². The Morgan fingerprint density at radius 2 is 1.85 bits per heavy atom. The number of hydrogen-bond donors (Lipinski definition) is 2. The number of pyridine rings is 1. The lowest BCUT2D eigenvalue weighted by molar-refractivity contribution is -0.119. The molecule has 2 amide bonds. The Labute approximate surface area is 165 Å². The first-order chi connectivity index (χ1) is 12.9. The first-order valence-electron chi connectivity index (χ1n) is 8.13. The first-order valence-corrected chi connectivity index (χ1v) is 8.88. The highest BCUT2D eigenvalue weighted by Gasteiger charge is 2.25. The van der Waals surface area contributed by atoms with Crippen LogP contribution in [0.1, 0.15) is 33.7 Å². The van der Waals surface area contributed by atoms with Gasteiger partial charge in [-0.3, -0.25) is 9.59 Å². The number of ether oxygens (including phenoxy) is 1. The third kappa shape index (κ3) is 5.18. The molecule has 27 heavy (non-hydrogen) atoms. The van der Waals surface area contributed by atoms with E-state index in [1.807, 2.05) is 0 Å². The van der Waals surface area contributed by atoms with Crippen LogP contribution in [0.5, 0.6) is 0 Å². The summed E-state index contributed by atoms with van der Waals surface area (Å²) < 4.78 is 4.92. The van der Waals surface area contributed by atoms with Gasteiger partial charge in [-0.15, -0.1) is 0 Å². The van der Waals surface area contributed by atoms with E-state index in [0.717, 1.165) is 12.8 Å². The van der Waals surface area contributed by atoms with Crippen molar-refractivity contribution in [2.24, 2.45) is 0 Å². The Balaban J connectivity index is 1.60. The Bertz CT molecular complexity index is 900. The summed E-state index contributed by atoms with van der Waals surface area (Å²) >= 11 is 11.6. The van der Waals surface area contributed by atoms with Crippen LogP contribution >= 0.6 is 23.2 Å². The van der Waals surface area contributed by atoms with E-state index in [4.69, 9.17) is 27.9 Å². The van der Waals surface area contributed by atoms with Gasteiger partial charge in [0.1, 0.15) is 5.15 Å². The number of rotatable bonds is 6. The van der Waals surface area contributed by atoms with Gasteiger partial charge < -0.3 is 15.4 Å². The van der Waals surface area contributed by atoms with E-state index in [9.17, 15) is 14.4 Å². The zero-order chi connectivity index (χ0) is 19.4. The molecule has 0 bridgehead atoms. The summed E-state index contributed by atoms with van der Waals surface area (Å²) in [6.07, 6.45) is 1.91. The maximum atomic E-state index is 12.2. The van der Waals surface area contributed by atoms with Crippen molar-refractivity contribution in [3.05, 3.63) is 57.8 Å². The lowest BCUT2D eigenvalue weighted by atomic mass is 10.1. The van der Waals surface area contributed by atoms with Crippen molar-refractivity contribution in [2.75, 3.05) is 11.9 Å². The molecule has 1 aliphatic rings. The second kappa shape index (κ2) is 8.37. The number of nitrogens with zero attached hydrogens (tertiary/aromatic N) is 1. The molecule has 3 rings (SSSR count). The predicted molar refractivity (Wildman–Crippen MR) is 100 cm³/mol. The number of carbonyl (C=O) groups is 3. The van der Waals surface area contributed by atoms with Crippen LogP contribution in [0, 0.1) is 0 Å². The number of nitrogens with one attached hydrogen (secondary N) is 2. The van der Waals surface area contributed by atoms with E-state index in [0.29, 0.717) is 11.3 Å². The molecule has 1 saturated carbocycles. The summed E-state index contributed by atoms with van der Waals surface area (Å²) in [5, 5.41) is 5.55. The summed E-state index contributed by atoms with van der Waals surface area (Å²) in [6, 6.07) is 9.61. The van der Waals surface area contributed by atoms with Crippen LogP contribution in [0.2, 0.25) is 10.2 Å². The minimum absolute atomic E-state index is 0.0619. The smallest absolute Gasteiger partial charge is 0.359 e. The number of amides is 2.